The molecule has 2 aromatic rings. The smallest absolute Gasteiger partial charge is 0.0552 e. The van der Waals surface area contributed by atoms with Crippen molar-refractivity contribution < 1.29 is 5.48 Å². The molecule has 2 aliphatic heterocycles. The summed E-state index contributed by atoms with van der Waals surface area (Å²) in [5, 5.41) is 0. The summed E-state index contributed by atoms with van der Waals surface area (Å²) in [5.41, 5.74) is 2.74. The van der Waals surface area contributed by atoms with Gasteiger partial charge in [0.05, 0.1) is 11.4 Å². The van der Waals surface area contributed by atoms with Gasteiger partial charge in [-0.3, -0.25) is 0 Å². The lowest BCUT2D eigenvalue weighted by atomic mass is 10.1. The number of hydrogen-bond acceptors (Lipinski definition) is 3. The fraction of sp³-hybridized carbons (Fsp3) is 0.333. The van der Waals surface area contributed by atoms with Crippen LogP contribution in [0.15, 0.2) is 58.3 Å². The van der Waals surface area contributed by atoms with Crippen molar-refractivity contribution in [2.24, 2.45) is 5.92 Å². The monoisotopic (exact) mass is 314 g/mol. The molecule has 3 nitrogen and oxygen atoms in total. The first-order valence-corrected chi connectivity index (χ1v) is 8.45. The molecule has 2 aromatic carbocycles. The highest BCUT2D eigenvalue weighted by molar-refractivity contribution is 7.99. The predicted octanol–water partition coefficient (Wildman–Crippen LogP) is 3.42. The second-order valence-electron chi connectivity index (χ2n) is 6.07. The van der Waals surface area contributed by atoms with Crippen molar-refractivity contribution in [1.82, 2.24) is 4.90 Å². The molecule has 1 saturated heterocycles. The number of fused-ring (bicyclic) bond motifs is 2. The highest BCUT2D eigenvalue weighted by Gasteiger charge is 2.27. The Morgan fingerprint density at radius 2 is 1.59 bits per heavy atom. The fourth-order valence-electron chi connectivity index (χ4n) is 3.41. The Morgan fingerprint density at radius 3 is 2.14 bits per heavy atom. The minimum atomic E-state index is 0. The van der Waals surface area contributed by atoms with E-state index in [1.807, 2.05) is 11.8 Å². The second-order valence-corrected chi connectivity index (χ2v) is 7.15. The van der Waals surface area contributed by atoms with Crippen molar-refractivity contribution >= 4 is 23.1 Å². The molecule has 22 heavy (non-hydrogen) atoms. The summed E-state index contributed by atoms with van der Waals surface area (Å²) in [5.74, 6) is 0.763. The molecule has 0 radical (unpaired) electrons. The number of benzene rings is 2. The van der Waals surface area contributed by atoms with Gasteiger partial charge >= 0.3 is 0 Å². The van der Waals surface area contributed by atoms with Crippen LogP contribution in [0.5, 0.6) is 0 Å². The molecule has 0 aliphatic carbocycles. The van der Waals surface area contributed by atoms with Gasteiger partial charge in [-0.2, -0.15) is 0 Å². The highest BCUT2D eigenvalue weighted by Crippen LogP contribution is 2.48. The number of anilines is 2. The van der Waals surface area contributed by atoms with Gasteiger partial charge in [0, 0.05) is 22.9 Å². The van der Waals surface area contributed by atoms with Gasteiger partial charge in [-0.25, -0.2) is 0 Å². The van der Waals surface area contributed by atoms with Crippen LogP contribution >= 0.6 is 11.8 Å². The number of likely N-dealkylation sites (tertiary alicyclic amines) is 1. The summed E-state index contributed by atoms with van der Waals surface area (Å²) in [6.07, 6.45) is 1.31. The molecule has 1 atom stereocenters. The summed E-state index contributed by atoms with van der Waals surface area (Å²) in [6.45, 7) is 3.57. The summed E-state index contributed by atoms with van der Waals surface area (Å²) in [7, 11) is 2.23. The van der Waals surface area contributed by atoms with Crippen molar-refractivity contribution in [3.8, 4) is 0 Å². The average molecular weight is 314 g/mol. The van der Waals surface area contributed by atoms with Crippen LogP contribution < -0.4 is 4.90 Å². The maximum atomic E-state index is 2.53. The van der Waals surface area contributed by atoms with E-state index in [2.05, 4.69) is 65.4 Å². The van der Waals surface area contributed by atoms with E-state index in [-0.39, 0.29) is 5.48 Å². The lowest BCUT2D eigenvalue weighted by Gasteiger charge is -2.34. The minimum Gasteiger partial charge on any atom is -0.412 e. The zero-order valence-electron chi connectivity index (χ0n) is 12.8. The standard InChI is InChI=1S/C18H20N2S.H2O/c1-19-11-10-14(12-19)13-20-15-6-2-4-8-17(15)21-18-9-5-3-7-16(18)20;/h2-9,14H,10-13H2,1H3;1H2. The molecular formula is C18H22N2OS. The van der Waals surface area contributed by atoms with Crippen molar-refractivity contribution in [2.75, 3.05) is 31.6 Å². The molecule has 1 fully saturated rings. The molecule has 1 unspecified atom stereocenters. The summed E-state index contributed by atoms with van der Waals surface area (Å²) in [6, 6.07) is 17.6. The molecule has 116 valence electrons. The Hall–Kier alpha value is -1.49. The van der Waals surface area contributed by atoms with Crippen LogP contribution in [0.3, 0.4) is 0 Å². The first kappa shape index (κ1) is 15.4. The average Bonchev–Trinajstić information content (AvgIpc) is 2.92. The van der Waals surface area contributed by atoms with E-state index >= 15 is 0 Å². The summed E-state index contributed by atoms with van der Waals surface area (Å²) in [4.78, 5) is 7.73. The van der Waals surface area contributed by atoms with E-state index in [0.717, 1.165) is 12.5 Å². The van der Waals surface area contributed by atoms with Crippen LogP contribution in [0, 0.1) is 5.92 Å². The zero-order valence-corrected chi connectivity index (χ0v) is 13.6. The first-order chi connectivity index (χ1) is 10.3. The van der Waals surface area contributed by atoms with Gasteiger partial charge in [-0.1, -0.05) is 36.0 Å². The molecule has 4 heteroatoms. The molecule has 2 aliphatic rings. The minimum absolute atomic E-state index is 0. The largest absolute Gasteiger partial charge is 0.412 e. The Labute approximate surface area is 136 Å². The van der Waals surface area contributed by atoms with Crippen molar-refractivity contribution in [3.05, 3.63) is 48.5 Å². The fourth-order valence-corrected chi connectivity index (χ4v) is 4.51. The normalized spacial score (nSPS) is 20.2. The van der Waals surface area contributed by atoms with Gasteiger partial charge < -0.3 is 15.3 Å². The van der Waals surface area contributed by atoms with Crippen LogP contribution in [0.1, 0.15) is 6.42 Å². The number of rotatable bonds is 2. The van der Waals surface area contributed by atoms with E-state index < -0.39 is 0 Å². The van der Waals surface area contributed by atoms with Gasteiger partial charge in [0.25, 0.3) is 0 Å². The lowest BCUT2D eigenvalue weighted by Crippen LogP contribution is -2.28. The molecule has 0 bridgehead atoms. The third kappa shape index (κ3) is 2.74. The number of para-hydroxylation sites is 2. The van der Waals surface area contributed by atoms with Crippen molar-refractivity contribution in [1.29, 1.82) is 0 Å². The van der Waals surface area contributed by atoms with Gasteiger partial charge in [0.2, 0.25) is 0 Å². The van der Waals surface area contributed by atoms with Gasteiger partial charge in [0.1, 0.15) is 0 Å². The van der Waals surface area contributed by atoms with E-state index in [1.54, 1.807) is 0 Å². The van der Waals surface area contributed by atoms with Crippen LogP contribution in [0.4, 0.5) is 11.4 Å². The Morgan fingerprint density at radius 1 is 1.00 bits per heavy atom. The predicted molar refractivity (Wildman–Crippen MR) is 93.2 cm³/mol. The quantitative estimate of drug-likeness (QED) is 0.852. The van der Waals surface area contributed by atoms with Gasteiger partial charge in [0.15, 0.2) is 0 Å². The van der Waals surface area contributed by atoms with E-state index in [9.17, 15) is 0 Å². The van der Waals surface area contributed by atoms with E-state index in [0.29, 0.717) is 0 Å². The SMILES string of the molecule is CN1CCC(CN2c3ccccc3Sc3ccccc32)C1.O. The lowest BCUT2D eigenvalue weighted by molar-refractivity contribution is 0.396. The van der Waals surface area contributed by atoms with Crippen LogP contribution in [-0.4, -0.2) is 37.1 Å². The molecule has 0 spiro atoms. The summed E-state index contributed by atoms with van der Waals surface area (Å²) < 4.78 is 0. The molecule has 4 rings (SSSR count). The zero-order chi connectivity index (χ0) is 14.2. The van der Waals surface area contributed by atoms with Gasteiger partial charge in [-0.15, -0.1) is 0 Å². The van der Waals surface area contributed by atoms with Crippen LogP contribution in [-0.2, 0) is 0 Å². The molecule has 2 heterocycles. The summed E-state index contributed by atoms with van der Waals surface area (Å²) >= 11 is 1.89. The maximum absolute atomic E-state index is 2.53. The van der Waals surface area contributed by atoms with Crippen LogP contribution in [0.25, 0.3) is 0 Å². The van der Waals surface area contributed by atoms with Gasteiger partial charge in [-0.05, 0) is 50.2 Å². The highest BCUT2D eigenvalue weighted by atomic mass is 32.2. The van der Waals surface area contributed by atoms with Crippen molar-refractivity contribution in [2.45, 2.75) is 16.2 Å². The Balaban J connectivity index is 0.00000144. The van der Waals surface area contributed by atoms with Crippen molar-refractivity contribution in [3.63, 3.8) is 0 Å². The first-order valence-electron chi connectivity index (χ1n) is 7.63. The Kier molecular flexibility index (Phi) is 4.43. The third-order valence-electron chi connectivity index (χ3n) is 4.46. The topological polar surface area (TPSA) is 38.0 Å². The molecular weight excluding hydrogens is 292 g/mol. The molecule has 0 amide bonds. The number of nitrogens with zero attached hydrogens (tertiary/aromatic N) is 2. The molecule has 2 N–H and O–H groups in total. The molecule has 0 saturated carbocycles. The maximum Gasteiger partial charge on any atom is 0.0552 e. The Bertz CT molecular complexity index is 616. The molecule has 0 aromatic heterocycles. The number of hydrogen-bond donors (Lipinski definition) is 0. The second kappa shape index (κ2) is 6.32. The third-order valence-corrected chi connectivity index (χ3v) is 5.59. The van der Waals surface area contributed by atoms with Crippen LogP contribution in [0.2, 0.25) is 0 Å². The van der Waals surface area contributed by atoms with E-state index in [1.165, 1.54) is 40.7 Å². The van der Waals surface area contributed by atoms with E-state index in [4.69, 9.17) is 0 Å².